The smallest absolute Gasteiger partial charge is 0.315 e. The van der Waals surface area contributed by atoms with E-state index >= 15 is 0 Å². The second-order valence-electron chi connectivity index (χ2n) is 18.1. The molecular weight excluding hydrogens is 671 g/mol. The van der Waals surface area contributed by atoms with Crippen LogP contribution in [0.4, 0.5) is 4.79 Å². The zero-order valence-corrected chi connectivity index (χ0v) is 33.4. The van der Waals surface area contributed by atoms with Gasteiger partial charge in [0.1, 0.15) is 12.1 Å². The van der Waals surface area contributed by atoms with E-state index in [-0.39, 0.29) is 36.1 Å². The minimum atomic E-state index is -3.57. The minimum absolute atomic E-state index is 0.00703. The summed E-state index contributed by atoms with van der Waals surface area (Å²) in [7, 11) is -3.57. The molecule has 290 valence electrons. The number of urea groups is 1. The highest BCUT2D eigenvalue weighted by atomic mass is 32.2. The summed E-state index contributed by atoms with van der Waals surface area (Å²) < 4.78 is 25.7. The van der Waals surface area contributed by atoms with Crippen molar-refractivity contribution in [3.63, 3.8) is 0 Å². The standard InChI is InChI=1S/C38H65N5O7S/c1-11-12-20-39-32(46)29(44)27(21-26-16-17-26)40-31(45)28-22-37(9,10)25(2)23-43(28)33(47)30(35(3,4)5)41-34(48)42-38(18-14-13-15-19-38)24-51(49,50)36(6,7)8/h11,25-28,30H,1,12-24H2,2-10H3,(H,39,46)(H,40,45)(H2,41,42,48)/t25?,27?,28-,30+/m0/s1. The van der Waals surface area contributed by atoms with Crippen molar-refractivity contribution in [2.24, 2.45) is 22.7 Å². The van der Waals surface area contributed by atoms with Crippen LogP contribution in [-0.4, -0.2) is 90.1 Å². The lowest BCUT2D eigenvalue weighted by atomic mass is 9.71. The molecule has 3 rings (SSSR count). The number of hydrogen-bond donors (Lipinski definition) is 4. The summed E-state index contributed by atoms with van der Waals surface area (Å²) >= 11 is 0. The summed E-state index contributed by atoms with van der Waals surface area (Å²) in [4.78, 5) is 70.1. The van der Waals surface area contributed by atoms with E-state index < -0.39 is 73.2 Å². The van der Waals surface area contributed by atoms with Gasteiger partial charge < -0.3 is 26.2 Å². The fourth-order valence-electron chi connectivity index (χ4n) is 7.01. The Labute approximate surface area is 306 Å². The Morgan fingerprint density at radius 3 is 2.10 bits per heavy atom. The zero-order chi connectivity index (χ0) is 38.6. The number of ketones is 1. The van der Waals surface area contributed by atoms with Crippen molar-refractivity contribution < 1.29 is 32.4 Å². The van der Waals surface area contributed by atoms with Gasteiger partial charge in [0.2, 0.25) is 17.6 Å². The number of carbonyl (C=O) groups excluding carboxylic acids is 5. The second-order valence-corrected chi connectivity index (χ2v) is 20.9. The SMILES string of the molecule is C=CCCNC(=O)C(=O)C(CC1CC1)NC(=O)[C@@H]1CC(C)(C)C(C)CN1C(=O)[C@@H](NC(=O)NC1(CS(=O)(=O)C(C)(C)C)CCCCC1)C(C)(C)C. The highest BCUT2D eigenvalue weighted by Gasteiger charge is 2.49. The molecule has 3 fully saturated rings. The van der Waals surface area contributed by atoms with Crippen LogP contribution >= 0.6 is 0 Å². The second kappa shape index (κ2) is 16.4. The van der Waals surface area contributed by atoms with Crippen LogP contribution in [0, 0.1) is 22.7 Å². The zero-order valence-electron chi connectivity index (χ0n) is 32.6. The Morgan fingerprint density at radius 2 is 1.57 bits per heavy atom. The van der Waals surface area contributed by atoms with Gasteiger partial charge in [-0.25, -0.2) is 13.2 Å². The van der Waals surface area contributed by atoms with E-state index in [1.165, 1.54) is 4.90 Å². The van der Waals surface area contributed by atoms with Gasteiger partial charge in [0.05, 0.1) is 22.1 Å². The summed E-state index contributed by atoms with van der Waals surface area (Å²) in [5.74, 6) is -2.37. The molecule has 1 heterocycles. The van der Waals surface area contributed by atoms with Crippen molar-refractivity contribution in [1.82, 2.24) is 26.2 Å². The van der Waals surface area contributed by atoms with Gasteiger partial charge in [0, 0.05) is 13.1 Å². The fourth-order valence-corrected chi connectivity index (χ4v) is 8.53. The summed E-state index contributed by atoms with van der Waals surface area (Å²) in [6.07, 6.45) is 8.17. The molecule has 3 aliphatic rings. The van der Waals surface area contributed by atoms with Crippen LogP contribution < -0.4 is 21.3 Å². The molecular formula is C38H65N5O7S. The first kappa shape index (κ1) is 42.5. The highest BCUT2D eigenvalue weighted by molar-refractivity contribution is 7.92. The molecule has 12 nitrogen and oxygen atoms in total. The number of nitrogens with one attached hydrogen (secondary N) is 4. The number of amides is 5. The molecule has 0 bridgehead atoms. The van der Waals surface area contributed by atoms with Crippen molar-refractivity contribution in [3.05, 3.63) is 12.7 Å². The number of Topliss-reactive ketones (excluding diaryl/α,β-unsaturated/α-hetero) is 1. The number of sulfone groups is 1. The van der Waals surface area contributed by atoms with Crippen LogP contribution in [0.1, 0.15) is 127 Å². The van der Waals surface area contributed by atoms with E-state index in [1.54, 1.807) is 26.8 Å². The van der Waals surface area contributed by atoms with Gasteiger partial charge >= 0.3 is 6.03 Å². The Balaban J connectivity index is 1.88. The van der Waals surface area contributed by atoms with Gasteiger partial charge in [-0.1, -0.05) is 79.7 Å². The van der Waals surface area contributed by atoms with Gasteiger partial charge in [-0.3, -0.25) is 19.2 Å². The Morgan fingerprint density at radius 1 is 0.961 bits per heavy atom. The van der Waals surface area contributed by atoms with Crippen molar-refractivity contribution >= 4 is 39.4 Å². The fraction of sp³-hybridized carbons (Fsp3) is 0.816. The predicted molar refractivity (Wildman–Crippen MR) is 199 cm³/mol. The normalized spacial score (nSPS) is 23.3. The molecule has 0 spiro atoms. The summed E-state index contributed by atoms with van der Waals surface area (Å²) in [6, 6.07) is -3.65. The monoisotopic (exact) mass is 735 g/mol. The lowest BCUT2D eigenvalue weighted by Crippen LogP contribution is -2.66. The summed E-state index contributed by atoms with van der Waals surface area (Å²) in [6.45, 7) is 20.7. The molecule has 13 heteroatoms. The van der Waals surface area contributed by atoms with Crippen LogP contribution in [0.3, 0.4) is 0 Å². The van der Waals surface area contributed by atoms with Crippen LogP contribution in [-0.2, 0) is 29.0 Å². The van der Waals surface area contributed by atoms with Gasteiger partial charge in [-0.15, -0.1) is 6.58 Å². The third-order valence-corrected chi connectivity index (χ3v) is 14.0. The lowest BCUT2D eigenvalue weighted by molar-refractivity contribution is -0.151. The third-order valence-electron chi connectivity index (χ3n) is 11.2. The maximum absolute atomic E-state index is 14.6. The molecule has 0 aromatic rings. The van der Waals surface area contributed by atoms with Gasteiger partial charge in [0.25, 0.3) is 5.91 Å². The molecule has 2 unspecified atom stereocenters. The van der Waals surface area contributed by atoms with E-state index in [1.807, 2.05) is 41.5 Å². The summed E-state index contributed by atoms with van der Waals surface area (Å²) in [5.41, 5.74) is -2.07. The van der Waals surface area contributed by atoms with Gasteiger partial charge in [0.15, 0.2) is 9.84 Å². The molecule has 0 aromatic carbocycles. The van der Waals surface area contributed by atoms with E-state index in [9.17, 15) is 32.4 Å². The number of piperidine rings is 1. The molecule has 4 atom stereocenters. The van der Waals surface area contributed by atoms with E-state index in [0.29, 0.717) is 32.1 Å². The number of rotatable bonds is 14. The van der Waals surface area contributed by atoms with Crippen molar-refractivity contribution in [3.8, 4) is 0 Å². The number of carbonyl (C=O) groups is 5. The Bertz CT molecular complexity index is 1420. The minimum Gasteiger partial charge on any atom is -0.349 e. The molecule has 0 radical (unpaired) electrons. The van der Waals surface area contributed by atoms with Crippen molar-refractivity contribution in [2.75, 3.05) is 18.8 Å². The number of nitrogens with zero attached hydrogens (tertiary/aromatic N) is 1. The highest BCUT2D eigenvalue weighted by Crippen LogP contribution is 2.40. The Kier molecular flexibility index (Phi) is 13.6. The van der Waals surface area contributed by atoms with Crippen LogP contribution in [0.5, 0.6) is 0 Å². The first-order valence-corrected chi connectivity index (χ1v) is 20.4. The molecule has 51 heavy (non-hydrogen) atoms. The third kappa shape index (κ3) is 11.3. The first-order valence-electron chi connectivity index (χ1n) is 18.8. The average molecular weight is 736 g/mol. The number of hydrogen-bond acceptors (Lipinski definition) is 7. The molecule has 1 aliphatic heterocycles. The number of likely N-dealkylation sites (tertiary alicyclic amines) is 1. The predicted octanol–water partition coefficient (Wildman–Crippen LogP) is 4.43. The largest absolute Gasteiger partial charge is 0.349 e. The topological polar surface area (TPSA) is 171 Å². The quantitative estimate of drug-likeness (QED) is 0.116. The maximum Gasteiger partial charge on any atom is 0.315 e. The summed E-state index contributed by atoms with van der Waals surface area (Å²) in [5, 5.41) is 11.4. The van der Waals surface area contributed by atoms with Crippen molar-refractivity contribution in [2.45, 2.75) is 155 Å². The first-order chi connectivity index (χ1) is 23.4. The van der Waals surface area contributed by atoms with Gasteiger partial charge in [-0.2, -0.15) is 0 Å². The molecule has 2 aliphatic carbocycles. The van der Waals surface area contributed by atoms with Crippen LogP contribution in [0.15, 0.2) is 12.7 Å². The lowest BCUT2D eigenvalue weighted by Gasteiger charge is -2.49. The molecule has 0 aromatic heterocycles. The van der Waals surface area contributed by atoms with Crippen molar-refractivity contribution in [1.29, 1.82) is 0 Å². The van der Waals surface area contributed by atoms with Crippen LogP contribution in [0.2, 0.25) is 0 Å². The Hall–Kier alpha value is -2.96. The van der Waals surface area contributed by atoms with Crippen LogP contribution in [0.25, 0.3) is 0 Å². The molecule has 4 N–H and O–H groups in total. The van der Waals surface area contributed by atoms with E-state index in [2.05, 4.69) is 27.8 Å². The molecule has 1 saturated heterocycles. The molecule has 5 amide bonds. The average Bonchev–Trinajstić information content (AvgIpc) is 3.83. The maximum atomic E-state index is 14.6. The van der Waals surface area contributed by atoms with Gasteiger partial charge in [-0.05, 0) is 75.5 Å². The molecule has 2 saturated carbocycles. The van der Waals surface area contributed by atoms with E-state index in [4.69, 9.17) is 0 Å². The van der Waals surface area contributed by atoms with E-state index in [0.717, 1.165) is 32.1 Å².